The van der Waals surface area contributed by atoms with Crippen molar-refractivity contribution in [3.63, 3.8) is 0 Å². The Morgan fingerprint density at radius 1 is 1.30 bits per heavy atom. The number of hydrogen-bond donors (Lipinski definition) is 0. The molecule has 1 saturated heterocycles. The van der Waals surface area contributed by atoms with E-state index in [1.165, 1.54) is 0 Å². The molecule has 1 aliphatic heterocycles. The Balaban J connectivity index is 1.95. The first-order chi connectivity index (χ1) is 12.8. The summed E-state index contributed by atoms with van der Waals surface area (Å²) in [6.07, 6.45) is 1.15. The minimum atomic E-state index is -3.08. The highest BCUT2D eigenvalue weighted by atomic mass is 32.2. The third-order valence-electron chi connectivity index (χ3n) is 5.05. The molecular formula is C20H26N2O4S. The van der Waals surface area contributed by atoms with Gasteiger partial charge in [0.2, 0.25) is 0 Å². The molecule has 2 heterocycles. The van der Waals surface area contributed by atoms with Gasteiger partial charge in [-0.05, 0) is 44.9 Å². The van der Waals surface area contributed by atoms with Crippen molar-refractivity contribution in [3.05, 3.63) is 41.1 Å². The summed E-state index contributed by atoms with van der Waals surface area (Å²) in [6, 6.07) is 7.54. The number of pyridine rings is 1. The summed E-state index contributed by atoms with van der Waals surface area (Å²) in [5.74, 6) is 0.0201. The van der Waals surface area contributed by atoms with Gasteiger partial charge in [-0.2, -0.15) is 0 Å². The predicted molar refractivity (Wildman–Crippen MR) is 106 cm³/mol. The second-order valence-electron chi connectivity index (χ2n) is 7.22. The number of sulfone groups is 1. The topological polar surface area (TPSA) is 76.6 Å². The lowest BCUT2D eigenvalue weighted by Gasteiger charge is -2.29. The molecular weight excluding hydrogens is 364 g/mol. The van der Waals surface area contributed by atoms with Crippen LogP contribution in [0.3, 0.4) is 0 Å². The minimum Gasteiger partial charge on any atom is -0.385 e. The summed E-state index contributed by atoms with van der Waals surface area (Å²) >= 11 is 0. The molecule has 0 spiro atoms. The number of amides is 1. The van der Waals surface area contributed by atoms with Crippen LogP contribution in [0.2, 0.25) is 0 Å². The highest BCUT2D eigenvalue weighted by Gasteiger charge is 2.35. The molecule has 2 aromatic rings. The van der Waals surface area contributed by atoms with Crippen LogP contribution in [-0.2, 0) is 14.6 Å². The number of nitrogens with zero attached hydrogens (tertiary/aromatic N) is 2. The Morgan fingerprint density at radius 3 is 2.74 bits per heavy atom. The summed E-state index contributed by atoms with van der Waals surface area (Å²) in [5.41, 5.74) is 3.15. The number of methoxy groups -OCH3 is 1. The third-order valence-corrected chi connectivity index (χ3v) is 6.80. The summed E-state index contributed by atoms with van der Waals surface area (Å²) in [7, 11) is -1.46. The summed E-state index contributed by atoms with van der Waals surface area (Å²) in [6.45, 7) is 4.82. The Bertz CT molecular complexity index is 956. The largest absolute Gasteiger partial charge is 0.385 e. The summed E-state index contributed by atoms with van der Waals surface area (Å²) < 4.78 is 29.0. The Hall–Kier alpha value is -1.99. The molecule has 0 N–H and O–H groups in total. The minimum absolute atomic E-state index is 0.0326. The van der Waals surface area contributed by atoms with Crippen molar-refractivity contribution in [2.45, 2.75) is 32.7 Å². The van der Waals surface area contributed by atoms with Gasteiger partial charge in [0.1, 0.15) is 0 Å². The average molecular weight is 391 g/mol. The number of benzene rings is 1. The van der Waals surface area contributed by atoms with Crippen LogP contribution in [0.15, 0.2) is 24.3 Å². The second-order valence-corrected chi connectivity index (χ2v) is 9.45. The Morgan fingerprint density at radius 2 is 2.07 bits per heavy atom. The first kappa shape index (κ1) is 19.8. The van der Waals surface area contributed by atoms with Gasteiger partial charge in [0.05, 0.1) is 28.3 Å². The van der Waals surface area contributed by atoms with Gasteiger partial charge in [0.15, 0.2) is 9.84 Å². The number of carbonyl (C=O) groups excluding carboxylic acids is 1. The SMILES string of the molecule is COCCCN(C(=O)c1cc2cc(C)ccc2nc1C)C1CCS(=O)(=O)C1. The van der Waals surface area contributed by atoms with Crippen LogP contribution in [0.1, 0.15) is 34.5 Å². The average Bonchev–Trinajstić information content (AvgIpc) is 2.97. The van der Waals surface area contributed by atoms with Gasteiger partial charge < -0.3 is 9.64 Å². The molecule has 1 atom stereocenters. The lowest BCUT2D eigenvalue weighted by molar-refractivity contribution is 0.0673. The fourth-order valence-corrected chi connectivity index (χ4v) is 5.34. The zero-order chi connectivity index (χ0) is 19.6. The van der Waals surface area contributed by atoms with E-state index in [1.54, 1.807) is 12.0 Å². The molecule has 1 unspecified atom stereocenters. The van der Waals surface area contributed by atoms with Crippen LogP contribution in [-0.4, -0.2) is 62.0 Å². The van der Waals surface area contributed by atoms with Crippen LogP contribution < -0.4 is 0 Å². The number of ether oxygens (including phenoxy) is 1. The molecule has 1 fully saturated rings. The van der Waals surface area contributed by atoms with Crippen molar-refractivity contribution in [2.24, 2.45) is 0 Å². The van der Waals surface area contributed by atoms with E-state index in [0.717, 1.165) is 16.5 Å². The van der Waals surface area contributed by atoms with Gasteiger partial charge >= 0.3 is 0 Å². The number of hydrogen-bond acceptors (Lipinski definition) is 5. The maximum Gasteiger partial charge on any atom is 0.255 e. The standard InChI is InChI=1S/C20H26N2O4S/c1-14-5-6-19-16(11-14)12-18(15(2)21-19)20(23)22(8-4-9-26-3)17-7-10-27(24,25)13-17/h5-6,11-12,17H,4,7-10,13H2,1-3H3. The number of aromatic nitrogens is 1. The molecule has 6 nitrogen and oxygen atoms in total. The molecule has 7 heteroatoms. The third kappa shape index (κ3) is 4.47. The van der Waals surface area contributed by atoms with E-state index in [0.29, 0.717) is 37.3 Å². The van der Waals surface area contributed by atoms with Crippen molar-refractivity contribution in [3.8, 4) is 0 Å². The number of aryl methyl sites for hydroxylation is 2. The summed E-state index contributed by atoms with van der Waals surface area (Å²) in [5, 5.41) is 0.917. The van der Waals surface area contributed by atoms with Gasteiger partial charge in [-0.1, -0.05) is 11.6 Å². The van der Waals surface area contributed by atoms with E-state index < -0.39 is 9.84 Å². The molecule has 1 aromatic heterocycles. The van der Waals surface area contributed by atoms with Gasteiger partial charge in [-0.3, -0.25) is 9.78 Å². The van der Waals surface area contributed by atoms with E-state index in [1.807, 2.05) is 38.1 Å². The van der Waals surface area contributed by atoms with E-state index in [9.17, 15) is 13.2 Å². The van der Waals surface area contributed by atoms with Crippen LogP contribution in [0, 0.1) is 13.8 Å². The molecule has 0 saturated carbocycles. The first-order valence-electron chi connectivity index (χ1n) is 9.19. The lowest BCUT2D eigenvalue weighted by Crippen LogP contribution is -2.42. The number of rotatable bonds is 6. The van der Waals surface area contributed by atoms with Crippen LogP contribution in [0.25, 0.3) is 10.9 Å². The maximum absolute atomic E-state index is 13.3. The Kier molecular flexibility index (Phi) is 5.81. The summed E-state index contributed by atoms with van der Waals surface area (Å²) in [4.78, 5) is 19.6. The normalized spacial score (nSPS) is 18.7. The van der Waals surface area contributed by atoms with Crippen molar-refractivity contribution in [1.82, 2.24) is 9.88 Å². The molecule has 1 aliphatic rings. The van der Waals surface area contributed by atoms with Crippen molar-refractivity contribution in [1.29, 1.82) is 0 Å². The van der Waals surface area contributed by atoms with Crippen molar-refractivity contribution < 1.29 is 17.9 Å². The highest BCUT2D eigenvalue weighted by Crippen LogP contribution is 2.24. The second kappa shape index (κ2) is 7.94. The van der Waals surface area contributed by atoms with Gasteiger partial charge in [-0.25, -0.2) is 8.42 Å². The molecule has 1 amide bonds. The van der Waals surface area contributed by atoms with E-state index >= 15 is 0 Å². The molecule has 0 bridgehead atoms. The predicted octanol–water partition coefficient (Wildman–Crippen LogP) is 2.52. The first-order valence-corrected chi connectivity index (χ1v) is 11.0. The molecule has 0 aliphatic carbocycles. The van der Waals surface area contributed by atoms with Crippen molar-refractivity contribution >= 4 is 26.6 Å². The van der Waals surface area contributed by atoms with E-state index in [2.05, 4.69) is 4.98 Å². The fraction of sp³-hybridized carbons (Fsp3) is 0.500. The molecule has 27 heavy (non-hydrogen) atoms. The monoisotopic (exact) mass is 390 g/mol. The van der Waals surface area contributed by atoms with Crippen molar-refractivity contribution in [2.75, 3.05) is 31.8 Å². The fourth-order valence-electron chi connectivity index (χ4n) is 3.61. The molecule has 3 rings (SSSR count). The smallest absolute Gasteiger partial charge is 0.255 e. The maximum atomic E-state index is 13.3. The van der Waals surface area contributed by atoms with E-state index in [-0.39, 0.29) is 23.5 Å². The number of carbonyl (C=O) groups is 1. The van der Waals surface area contributed by atoms with Gasteiger partial charge in [-0.15, -0.1) is 0 Å². The number of fused-ring (bicyclic) bond motifs is 1. The quantitative estimate of drug-likeness (QED) is 0.709. The Labute approximate surface area is 160 Å². The van der Waals surface area contributed by atoms with Crippen LogP contribution in [0.4, 0.5) is 0 Å². The van der Waals surface area contributed by atoms with Crippen LogP contribution in [0.5, 0.6) is 0 Å². The molecule has 0 radical (unpaired) electrons. The highest BCUT2D eigenvalue weighted by molar-refractivity contribution is 7.91. The lowest BCUT2D eigenvalue weighted by atomic mass is 10.1. The van der Waals surface area contributed by atoms with Gasteiger partial charge in [0.25, 0.3) is 5.91 Å². The van der Waals surface area contributed by atoms with Gasteiger partial charge in [0, 0.05) is 31.7 Å². The zero-order valence-corrected chi connectivity index (χ0v) is 16.9. The molecule has 1 aromatic carbocycles. The molecule has 146 valence electrons. The zero-order valence-electron chi connectivity index (χ0n) is 16.1. The van der Waals surface area contributed by atoms with E-state index in [4.69, 9.17) is 4.74 Å². The van der Waals surface area contributed by atoms with Crippen LogP contribution >= 0.6 is 0 Å².